The van der Waals surface area contributed by atoms with Gasteiger partial charge in [-0.3, -0.25) is 9.69 Å². The quantitative estimate of drug-likeness (QED) is 0.446. The number of amides is 2. The number of piperazine rings is 1. The number of methoxy groups -OCH3 is 1. The van der Waals surface area contributed by atoms with Crippen molar-refractivity contribution in [3.8, 4) is 5.75 Å². The van der Waals surface area contributed by atoms with Crippen LogP contribution in [0, 0.1) is 11.2 Å². The molecule has 2 aliphatic rings. The van der Waals surface area contributed by atoms with Crippen LogP contribution in [-0.4, -0.2) is 71.6 Å². The summed E-state index contributed by atoms with van der Waals surface area (Å²) in [6.45, 7) is 7.50. The van der Waals surface area contributed by atoms with Crippen molar-refractivity contribution >= 4 is 27.9 Å². The maximum absolute atomic E-state index is 14.3. The third-order valence-corrected chi connectivity index (χ3v) is 8.67. The molecule has 212 valence electrons. The lowest BCUT2D eigenvalue weighted by Gasteiger charge is -2.48. The van der Waals surface area contributed by atoms with Crippen molar-refractivity contribution in [1.82, 2.24) is 14.7 Å². The number of rotatable bonds is 6. The second-order valence-corrected chi connectivity index (χ2v) is 12.6. The zero-order valence-corrected chi connectivity index (χ0v) is 25.1. The third kappa shape index (κ3) is 6.24. The molecule has 2 aromatic rings. The Morgan fingerprint density at radius 1 is 1.18 bits per heavy atom. The van der Waals surface area contributed by atoms with Crippen molar-refractivity contribution in [1.29, 1.82) is 0 Å². The summed E-state index contributed by atoms with van der Waals surface area (Å²) < 4.78 is 20.5. The number of carbonyl (C=O) groups is 2. The van der Waals surface area contributed by atoms with Gasteiger partial charge in [0.25, 0.3) is 0 Å². The summed E-state index contributed by atoms with van der Waals surface area (Å²) >= 11 is 3.67. The van der Waals surface area contributed by atoms with Crippen LogP contribution in [0.3, 0.4) is 0 Å². The molecule has 1 N–H and O–H groups in total. The van der Waals surface area contributed by atoms with Crippen molar-refractivity contribution in [3.05, 3.63) is 62.9 Å². The minimum absolute atomic E-state index is 0.121. The number of hydrogen-bond acceptors (Lipinski definition) is 4. The molecule has 0 aromatic heterocycles. The fourth-order valence-corrected chi connectivity index (χ4v) is 6.69. The monoisotopic (exact) mass is 603 g/mol. The molecular weight excluding hydrogens is 565 g/mol. The summed E-state index contributed by atoms with van der Waals surface area (Å²) in [5.74, 6) is 0.258. The average Bonchev–Trinajstić information content (AvgIpc) is 2.89. The van der Waals surface area contributed by atoms with E-state index in [1.165, 1.54) is 28.2 Å². The van der Waals surface area contributed by atoms with Crippen molar-refractivity contribution in [2.75, 3.05) is 33.8 Å². The van der Waals surface area contributed by atoms with Crippen molar-refractivity contribution in [3.63, 3.8) is 0 Å². The van der Waals surface area contributed by atoms with Crippen LogP contribution >= 0.6 is 15.9 Å². The number of likely N-dealkylation sites (N-methyl/N-ethyl adjacent to an activating group) is 1. The van der Waals surface area contributed by atoms with E-state index in [0.29, 0.717) is 31.7 Å². The fraction of sp³-hybridized carbons (Fsp3) is 0.533. The minimum atomic E-state index is -0.956. The molecule has 1 saturated heterocycles. The highest BCUT2D eigenvalue weighted by Crippen LogP contribution is 2.39. The molecule has 2 amide bonds. The SMILES string of the molecule is COc1c(Br)cc2c(c1CN(C)C(=O)C(c1ccc(F)cc1)N1CCN(C(=O)O)C(C(C)(C)C)C1)CCCC2. The van der Waals surface area contributed by atoms with Gasteiger partial charge in [0.2, 0.25) is 5.91 Å². The second kappa shape index (κ2) is 11.8. The molecule has 7 nitrogen and oxygen atoms in total. The normalized spacial score (nSPS) is 18.8. The minimum Gasteiger partial charge on any atom is -0.495 e. The van der Waals surface area contributed by atoms with Gasteiger partial charge >= 0.3 is 6.09 Å². The van der Waals surface area contributed by atoms with Crippen LogP contribution in [0.2, 0.25) is 0 Å². The highest BCUT2D eigenvalue weighted by atomic mass is 79.9. The van der Waals surface area contributed by atoms with Crippen LogP contribution < -0.4 is 4.74 Å². The number of hydrogen-bond donors (Lipinski definition) is 1. The van der Waals surface area contributed by atoms with Gasteiger partial charge in [-0.25, -0.2) is 9.18 Å². The highest BCUT2D eigenvalue weighted by molar-refractivity contribution is 9.10. The number of fused-ring (bicyclic) bond motifs is 1. The number of aryl methyl sites for hydroxylation is 1. The molecule has 0 saturated carbocycles. The molecule has 0 radical (unpaired) electrons. The molecule has 9 heteroatoms. The van der Waals surface area contributed by atoms with Crippen LogP contribution in [0.15, 0.2) is 34.8 Å². The van der Waals surface area contributed by atoms with E-state index in [0.717, 1.165) is 41.5 Å². The van der Waals surface area contributed by atoms with Crippen LogP contribution in [0.25, 0.3) is 0 Å². The number of halogens is 2. The first-order valence-corrected chi connectivity index (χ1v) is 14.3. The van der Waals surface area contributed by atoms with Crippen molar-refractivity contribution < 1.29 is 23.8 Å². The molecule has 0 spiro atoms. The van der Waals surface area contributed by atoms with E-state index in [1.54, 1.807) is 31.2 Å². The molecule has 2 unspecified atom stereocenters. The zero-order chi connectivity index (χ0) is 28.5. The first-order chi connectivity index (χ1) is 18.4. The van der Waals surface area contributed by atoms with E-state index < -0.39 is 12.1 Å². The van der Waals surface area contributed by atoms with Gasteiger partial charge in [0.05, 0.1) is 17.6 Å². The summed E-state index contributed by atoms with van der Waals surface area (Å²) in [6, 6.07) is 7.21. The Balaban J connectivity index is 1.69. The van der Waals surface area contributed by atoms with Crippen LogP contribution in [0.5, 0.6) is 5.75 Å². The molecule has 1 aliphatic carbocycles. The average molecular weight is 605 g/mol. The summed E-state index contributed by atoms with van der Waals surface area (Å²) in [5.41, 5.74) is 3.91. The fourth-order valence-electron chi connectivity index (χ4n) is 6.01. The van der Waals surface area contributed by atoms with Crippen molar-refractivity contribution in [2.45, 2.75) is 65.1 Å². The number of carbonyl (C=O) groups excluding carboxylic acids is 1. The maximum atomic E-state index is 14.3. The van der Waals surface area contributed by atoms with Crippen molar-refractivity contribution in [2.24, 2.45) is 5.41 Å². The summed E-state index contributed by atoms with van der Waals surface area (Å²) in [7, 11) is 3.44. The van der Waals surface area contributed by atoms with Gasteiger partial charge in [-0.2, -0.15) is 0 Å². The smallest absolute Gasteiger partial charge is 0.407 e. The molecule has 4 rings (SSSR count). The molecule has 1 heterocycles. The molecule has 2 aromatic carbocycles. The second-order valence-electron chi connectivity index (χ2n) is 11.7. The molecule has 0 bridgehead atoms. The van der Waals surface area contributed by atoms with Crippen LogP contribution in [0.4, 0.5) is 9.18 Å². The van der Waals surface area contributed by atoms with Gasteiger partial charge in [0.15, 0.2) is 0 Å². The van der Waals surface area contributed by atoms with Crippen LogP contribution in [-0.2, 0) is 24.2 Å². The predicted octanol–water partition coefficient (Wildman–Crippen LogP) is 5.89. The van der Waals surface area contributed by atoms with Gasteiger partial charge in [-0.05, 0) is 81.9 Å². The van der Waals surface area contributed by atoms with Crippen LogP contribution in [0.1, 0.15) is 61.9 Å². The van der Waals surface area contributed by atoms with Gasteiger partial charge in [-0.15, -0.1) is 0 Å². The Bertz CT molecular complexity index is 1210. The van der Waals surface area contributed by atoms with E-state index in [2.05, 4.69) is 26.9 Å². The topological polar surface area (TPSA) is 73.3 Å². The first kappa shape index (κ1) is 29.3. The van der Waals surface area contributed by atoms with Gasteiger partial charge in [0, 0.05) is 38.8 Å². The Labute approximate surface area is 239 Å². The first-order valence-electron chi connectivity index (χ1n) is 13.5. The Kier molecular flexibility index (Phi) is 8.91. The standard InChI is InChI=1S/C30H39BrFN3O4/c1-30(2,3)25-18-34(14-15-35(25)29(37)38)26(19-10-12-21(32)13-11-19)28(36)33(4)17-23-22-9-7-6-8-20(22)16-24(31)27(23)39-5/h10-13,16,25-26H,6-9,14-15,17-18H2,1-5H3,(H,37,38). The number of benzene rings is 2. The van der Waals surface area contributed by atoms with E-state index >= 15 is 0 Å². The molecule has 1 aliphatic heterocycles. The molecule has 1 fully saturated rings. The van der Waals surface area contributed by atoms with E-state index in [4.69, 9.17) is 4.74 Å². The Hall–Kier alpha value is -2.65. The lowest BCUT2D eigenvalue weighted by atomic mass is 9.83. The molecule has 39 heavy (non-hydrogen) atoms. The zero-order valence-electron chi connectivity index (χ0n) is 23.5. The number of nitrogens with zero attached hydrogens (tertiary/aromatic N) is 3. The Morgan fingerprint density at radius 2 is 1.85 bits per heavy atom. The summed E-state index contributed by atoms with van der Waals surface area (Å²) in [5, 5.41) is 9.85. The summed E-state index contributed by atoms with van der Waals surface area (Å²) in [4.78, 5) is 31.5. The van der Waals surface area contributed by atoms with E-state index in [1.807, 2.05) is 20.8 Å². The largest absolute Gasteiger partial charge is 0.495 e. The lowest BCUT2D eigenvalue weighted by Crippen LogP contribution is -2.61. The number of ether oxygens (including phenoxy) is 1. The van der Waals surface area contributed by atoms with Gasteiger partial charge in [0.1, 0.15) is 17.6 Å². The molecule has 2 atom stereocenters. The number of carboxylic acid groups (broad SMARTS) is 1. The summed E-state index contributed by atoms with van der Waals surface area (Å²) in [6.07, 6.45) is 3.24. The highest BCUT2D eigenvalue weighted by Gasteiger charge is 2.42. The van der Waals surface area contributed by atoms with Gasteiger partial charge in [-0.1, -0.05) is 32.9 Å². The predicted molar refractivity (Wildman–Crippen MR) is 152 cm³/mol. The van der Waals surface area contributed by atoms with Gasteiger partial charge < -0.3 is 19.6 Å². The lowest BCUT2D eigenvalue weighted by molar-refractivity contribution is -0.138. The third-order valence-electron chi connectivity index (χ3n) is 8.08. The molecular formula is C30H39BrFN3O4. The Morgan fingerprint density at radius 3 is 2.46 bits per heavy atom. The van der Waals surface area contributed by atoms with E-state index in [-0.39, 0.29) is 23.2 Å². The maximum Gasteiger partial charge on any atom is 0.407 e. The van der Waals surface area contributed by atoms with E-state index in [9.17, 15) is 19.1 Å².